The summed E-state index contributed by atoms with van der Waals surface area (Å²) in [5.74, 6) is 0. The van der Waals surface area contributed by atoms with E-state index in [2.05, 4.69) is 15.0 Å². The first-order chi connectivity index (χ1) is 9.47. The Hall–Kier alpha value is -1.14. The maximum absolute atomic E-state index is 12.6. The van der Waals surface area contributed by atoms with Gasteiger partial charge in [-0.05, 0) is 32.3 Å². The number of nitrogens with one attached hydrogen (secondary N) is 2. The van der Waals surface area contributed by atoms with Crippen molar-refractivity contribution in [3.8, 4) is 0 Å². The number of aromatic nitrogens is 1. The average Bonchev–Trinajstić information content (AvgIpc) is 2.82. The Kier molecular flexibility index (Phi) is 4.65. The summed E-state index contributed by atoms with van der Waals surface area (Å²) < 4.78 is 28.0. The van der Waals surface area contributed by atoms with Crippen molar-refractivity contribution < 1.29 is 8.42 Å². The van der Waals surface area contributed by atoms with Gasteiger partial charge >= 0.3 is 0 Å². The molecule has 112 valence electrons. The lowest BCUT2D eigenvalue weighted by Gasteiger charge is -2.25. The molecule has 0 unspecified atom stereocenters. The van der Waals surface area contributed by atoms with Crippen molar-refractivity contribution in [3.63, 3.8) is 0 Å². The molecule has 5 nitrogen and oxygen atoms in total. The van der Waals surface area contributed by atoms with E-state index in [0.29, 0.717) is 5.69 Å². The van der Waals surface area contributed by atoms with E-state index in [9.17, 15) is 8.42 Å². The van der Waals surface area contributed by atoms with Gasteiger partial charge in [-0.1, -0.05) is 19.8 Å². The highest BCUT2D eigenvalue weighted by Crippen LogP contribution is 2.31. The van der Waals surface area contributed by atoms with Crippen molar-refractivity contribution >= 4 is 15.7 Å². The number of nitrogens with zero attached hydrogens (tertiary/aromatic N) is 1. The van der Waals surface area contributed by atoms with Crippen LogP contribution in [-0.4, -0.2) is 25.5 Å². The highest BCUT2D eigenvalue weighted by atomic mass is 32.2. The van der Waals surface area contributed by atoms with Gasteiger partial charge in [-0.25, -0.2) is 13.1 Å². The molecule has 1 aromatic heterocycles. The molecule has 2 N–H and O–H groups in total. The molecule has 0 aliphatic heterocycles. The number of sulfonamides is 1. The zero-order valence-electron chi connectivity index (χ0n) is 12.1. The molecule has 1 aliphatic rings. The van der Waals surface area contributed by atoms with Crippen molar-refractivity contribution in [2.24, 2.45) is 0 Å². The molecule has 6 heteroatoms. The molecule has 2 rings (SSSR count). The summed E-state index contributed by atoms with van der Waals surface area (Å²) in [5, 5.41) is 3.15. The molecule has 1 saturated carbocycles. The van der Waals surface area contributed by atoms with Gasteiger partial charge in [0.15, 0.2) is 0 Å². The second-order valence-electron chi connectivity index (χ2n) is 5.67. The third-order valence-electron chi connectivity index (χ3n) is 3.73. The van der Waals surface area contributed by atoms with Crippen LogP contribution in [0, 0.1) is 0 Å². The third-order valence-corrected chi connectivity index (χ3v) is 5.39. The molecular formula is C14H23N3O2S. The van der Waals surface area contributed by atoms with Gasteiger partial charge in [0.25, 0.3) is 0 Å². The molecular weight excluding hydrogens is 274 g/mol. The van der Waals surface area contributed by atoms with Gasteiger partial charge in [0, 0.05) is 24.5 Å². The summed E-state index contributed by atoms with van der Waals surface area (Å²) in [6, 6.07) is 1.71. The highest BCUT2D eigenvalue weighted by molar-refractivity contribution is 7.89. The molecule has 0 radical (unpaired) electrons. The van der Waals surface area contributed by atoms with Gasteiger partial charge in [0.1, 0.15) is 4.90 Å². The fraction of sp³-hybridized carbons (Fsp3) is 0.643. The first-order valence-corrected chi connectivity index (χ1v) is 8.67. The van der Waals surface area contributed by atoms with Crippen molar-refractivity contribution in [2.45, 2.75) is 56.4 Å². The maximum atomic E-state index is 12.6. The van der Waals surface area contributed by atoms with Gasteiger partial charge < -0.3 is 5.32 Å². The Morgan fingerprint density at radius 3 is 2.70 bits per heavy atom. The molecule has 0 amide bonds. The Morgan fingerprint density at radius 1 is 1.35 bits per heavy atom. The lowest BCUT2D eigenvalue weighted by atomic mass is 10.0. The van der Waals surface area contributed by atoms with Crippen LogP contribution in [0.5, 0.6) is 0 Å². The fourth-order valence-electron chi connectivity index (χ4n) is 2.64. The molecule has 20 heavy (non-hydrogen) atoms. The van der Waals surface area contributed by atoms with E-state index in [1.807, 2.05) is 13.8 Å². The second-order valence-corrected chi connectivity index (χ2v) is 7.32. The van der Waals surface area contributed by atoms with E-state index < -0.39 is 10.0 Å². The maximum Gasteiger partial charge on any atom is 0.244 e. The molecule has 0 bridgehead atoms. The minimum absolute atomic E-state index is 0.238. The van der Waals surface area contributed by atoms with E-state index in [1.54, 1.807) is 12.3 Å². The summed E-state index contributed by atoms with van der Waals surface area (Å²) in [6.07, 6.45) is 7.90. The van der Waals surface area contributed by atoms with Gasteiger partial charge in [-0.15, -0.1) is 0 Å². The van der Waals surface area contributed by atoms with Crippen LogP contribution in [0.25, 0.3) is 0 Å². The first-order valence-electron chi connectivity index (χ1n) is 7.19. The molecule has 0 aromatic carbocycles. The summed E-state index contributed by atoms with van der Waals surface area (Å²) in [6.45, 7) is 4.76. The van der Waals surface area contributed by atoms with Gasteiger partial charge in [-0.2, -0.15) is 0 Å². The van der Waals surface area contributed by atoms with E-state index >= 15 is 0 Å². The molecule has 1 fully saturated rings. The van der Waals surface area contributed by atoms with E-state index in [-0.39, 0.29) is 10.4 Å². The smallest absolute Gasteiger partial charge is 0.244 e. The zero-order valence-corrected chi connectivity index (χ0v) is 13.0. The Bertz CT molecular complexity index is 551. The number of rotatable bonds is 6. The van der Waals surface area contributed by atoms with Crippen molar-refractivity contribution in [1.82, 2.24) is 9.71 Å². The first kappa shape index (κ1) is 15.3. The van der Waals surface area contributed by atoms with Crippen LogP contribution in [0.15, 0.2) is 23.4 Å². The summed E-state index contributed by atoms with van der Waals surface area (Å²) in [5.41, 5.74) is 0.299. The quantitative estimate of drug-likeness (QED) is 0.846. The summed E-state index contributed by atoms with van der Waals surface area (Å²) >= 11 is 0. The molecule has 1 heterocycles. The summed E-state index contributed by atoms with van der Waals surface area (Å²) in [4.78, 5) is 4.20. The van der Waals surface area contributed by atoms with Crippen LogP contribution in [-0.2, 0) is 10.0 Å². The molecule has 1 aliphatic carbocycles. The lowest BCUT2D eigenvalue weighted by Crippen LogP contribution is -2.43. The van der Waals surface area contributed by atoms with Crippen LogP contribution >= 0.6 is 0 Å². The zero-order chi connectivity index (χ0) is 14.6. The Labute approximate surface area is 121 Å². The molecule has 0 spiro atoms. The average molecular weight is 297 g/mol. The Morgan fingerprint density at radius 2 is 2.05 bits per heavy atom. The summed E-state index contributed by atoms with van der Waals surface area (Å²) in [7, 11) is -3.54. The van der Waals surface area contributed by atoms with Gasteiger partial charge in [0.2, 0.25) is 10.0 Å². The lowest BCUT2D eigenvalue weighted by molar-refractivity contribution is 0.427. The molecule has 0 saturated heterocycles. The second kappa shape index (κ2) is 6.10. The van der Waals surface area contributed by atoms with Crippen molar-refractivity contribution in [3.05, 3.63) is 18.5 Å². The minimum atomic E-state index is -3.54. The normalized spacial score (nSPS) is 18.1. The van der Waals surface area contributed by atoms with E-state index in [4.69, 9.17) is 0 Å². The van der Waals surface area contributed by atoms with Gasteiger partial charge in [-0.3, -0.25) is 4.98 Å². The number of hydrogen-bond donors (Lipinski definition) is 2. The topological polar surface area (TPSA) is 71.1 Å². The van der Waals surface area contributed by atoms with E-state index in [1.165, 1.54) is 6.20 Å². The SMILES string of the molecule is CCCNc1ccncc1S(=O)(=O)NC1(C)CCCC1. The largest absolute Gasteiger partial charge is 0.384 e. The van der Waals surface area contributed by atoms with Crippen LogP contribution < -0.4 is 10.0 Å². The highest BCUT2D eigenvalue weighted by Gasteiger charge is 2.34. The van der Waals surface area contributed by atoms with E-state index in [0.717, 1.165) is 38.6 Å². The number of anilines is 1. The third kappa shape index (κ3) is 3.49. The predicted molar refractivity (Wildman–Crippen MR) is 80.2 cm³/mol. The van der Waals surface area contributed by atoms with Gasteiger partial charge in [0.05, 0.1) is 5.69 Å². The molecule has 0 atom stereocenters. The standard InChI is InChI=1S/C14H23N3O2S/c1-3-9-16-12-6-10-15-11-13(12)20(18,19)17-14(2)7-4-5-8-14/h6,10-11,17H,3-5,7-9H2,1-2H3,(H,15,16). The van der Waals surface area contributed by atoms with Crippen molar-refractivity contribution in [2.75, 3.05) is 11.9 Å². The van der Waals surface area contributed by atoms with Crippen LogP contribution in [0.2, 0.25) is 0 Å². The van der Waals surface area contributed by atoms with Crippen LogP contribution in [0.1, 0.15) is 46.0 Å². The molecule has 1 aromatic rings. The predicted octanol–water partition coefficient (Wildman–Crippen LogP) is 2.51. The van der Waals surface area contributed by atoms with Crippen LogP contribution in [0.3, 0.4) is 0 Å². The Balaban J connectivity index is 2.24. The van der Waals surface area contributed by atoms with Crippen molar-refractivity contribution in [1.29, 1.82) is 0 Å². The number of pyridine rings is 1. The van der Waals surface area contributed by atoms with Crippen LogP contribution in [0.4, 0.5) is 5.69 Å². The minimum Gasteiger partial charge on any atom is -0.384 e. The monoisotopic (exact) mass is 297 g/mol. The number of hydrogen-bond acceptors (Lipinski definition) is 4. The fourth-order valence-corrected chi connectivity index (χ4v) is 4.23.